The summed E-state index contributed by atoms with van der Waals surface area (Å²) in [5.74, 6) is -0.0393. The Hall–Kier alpha value is -3.23. The summed E-state index contributed by atoms with van der Waals surface area (Å²) in [5.41, 5.74) is 9.19. The molecular formula is C29H42N6O2. The van der Waals surface area contributed by atoms with E-state index in [-0.39, 0.29) is 11.8 Å². The third kappa shape index (κ3) is 9.63. The summed E-state index contributed by atoms with van der Waals surface area (Å²) in [4.78, 5) is 35.7. The maximum atomic E-state index is 13.0. The fraction of sp³-hybridized carbons (Fsp3) is 0.483. The third-order valence-corrected chi connectivity index (χ3v) is 6.83. The van der Waals surface area contributed by atoms with Gasteiger partial charge in [-0.1, -0.05) is 25.0 Å². The molecule has 200 valence electrons. The molecule has 0 atom stereocenters. The molecule has 2 amide bonds. The van der Waals surface area contributed by atoms with E-state index in [1.165, 1.54) is 11.6 Å². The monoisotopic (exact) mass is 506 g/mol. The van der Waals surface area contributed by atoms with E-state index in [4.69, 9.17) is 5.73 Å². The van der Waals surface area contributed by atoms with Crippen LogP contribution in [0.15, 0.2) is 48.8 Å². The smallest absolute Gasteiger partial charge is 0.253 e. The Kier molecular flexibility index (Phi) is 11.6. The van der Waals surface area contributed by atoms with Crippen molar-refractivity contribution in [1.29, 1.82) is 0 Å². The first kappa shape index (κ1) is 28.3. The molecule has 8 nitrogen and oxygen atoms in total. The Balaban J connectivity index is 1.30. The number of rotatable bonds is 13. The quantitative estimate of drug-likeness (QED) is 0.320. The van der Waals surface area contributed by atoms with Crippen LogP contribution in [0, 0.1) is 0 Å². The molecule has 0 unspecified atom stereocenters. The van der Waals surface area contributed by atoms with Crippen LogP contribution in [0.2, 0.25) is 0 Å². The molecule has 1 aliphatic rings. The Labute approximate surface area is 221 Å². The Morgan fingerprint density at radius 1 is 1.05 bits per heavy atom. The Morgan fingerprint density at radius 2 is 1.78 bits per heavy atom. The van der Waals surface area contributed by atoms with Crippen LogP contribution in [0.1, 0.15) is 54.1 Å². The summed E-state index contributed by atoms with van der Waals surface area (Å²) in [6.45, 7) is 9.44. The molecule has 0 aliphatic carbocycles. The average molecular weight is 507 g/mol. The van der Waals surface area contributed by atoms with Gasteiger partial charge >= 0.3 is 0 Å². The molecule has 1 saturated heterocycles. The van der Waals surface area contributed by atoms with E-state index < -0.39 is 0 Å². The molecule has 0 radical (unpaired) electrons. The number of likely N-dealkylation sites (N-methyl/N-ethyl adjacent to an activating group) is 1. The highest BCUT2D eigenvalue weighted by atomic mass is 16.2. The number of nitrogen functional groups attached to an aromatic ring is 1. The van der Waals surface area contributed by atoms with Crippen molar-refractivity contribution >= 4 is 23.6 Å². The van der Waals surface area contributed by atoms with Crippen LogP contribution in [-0.4, -0.2) is 84.4 Å². The van der Waals surface area contributed by atoms with Crippen molar-refractivity contribution in [3.8, 4) is 0 Å². The number of nitrogens with two attached hydrogens (primary N) is 1. The number of anilines is 1. The second kappa shape index (κ2) is 15.1. The van der Waals surface area contributed by atoms with Crippen molar-refractivity contribution in [2.75, 3.05) is 58.6 Å². The Morgan fingerprint density at radius 3 is 2.49 bits per heavy atom. The summed E-state index contributed by atoms with van der Waals surface area (Å²) in [5, 5.41) is 2.90. The predicted molar refractivity (Wildman–Crippen MR) is 150 cm³/mol. The summed E-state index contributed by atoms with van der Waals surface area (Å²) < 4.78 is 0. The van der Waals surface area contributed by atoms with E-state index >= 15 is 0 Å². The number of unbranched alkanes of at least 4 members (excludes halogenated alkanes) is 3. The molecular weight excluding hydrogens is 464 g/mol. The summed E-state index contributed by atoms with van der Waals surface area (Å²) >= 11 is 0. The van der Waals surface area contributed by atoms with E-state index in [9.17, 15) is 9.59 Å². The van der Waals surface area contributed by atoms with Gasteiger partial charge in [0.1, 0.15) is 0 Å². The largest absolute Gasteiger partial charge is 0.398 e. The molecule has 37 heavy (non-hydrogen) atoms. The summed E-state index contributed by atoms with van der Waals surface area (Å²) in [7, 11) is 2.17. The van der Waals surface area contributed by atoms with Crippen LogP contribution in [0.3, 0.4) is 0 Å². The van der Waals surface area contributed by atoms with Crippen molar-refractivity contribution in [2.24, 2.45) is 0 Å². The average Bonchev–Trinajstić information content (AvgIpc) is 2.91. The van der Waals surface area contributed by atoms with Crippen LogP contribution in [-0.2, 0) is 11.3 Å². The number of nitrogens with one attached hydrogen (secondary N) is 1. The van der Waals surface area contributed by atoms with Crippen molar-refractivity contribution < 1.29 is 9.59 Å². The van der Waals surface area contributed by atoms with Gasteiger partial charge in [0, 0.05) is 87.6 Å². The first-order valence-electron chi connectivity index (χ1n) is 13.4. The Bertz CT molecular complexity index is 1020. The van der Waals surface area contributed by atoms with E-state index in [0.29, 0.717) is 18.8 Å². The number of piperazine rings is 1. The molecule has 3 N–H and O–H groups in total. The first-order chi connectivity index (χ1) is 18.0. The van der Waals surface area contributed by atoms with Gasteiger partial charge in [-0.3, -0.25) is 19.5 Å². The van der Waals surface area contributed by atoms with E-state index in [2.05, 4.69) is 39.3 Å². The number of pyridine rings is 1. The number of amides is 2. The van der Waals surface area contributed by atoms with Crippen molar-refractivity contribution in [2.45, 2.75) is 39.2 Å². The minimum Gasteiger partial charge on any atom is -0.398 e. The number of hydrogen-bond donors (Lipinski definition) is 2. The lowest BCUT2D eigenvalue weighted by Crippen LogP contribution is -2.43. The van der Waals surface area contributed by atoms with Crippen LogP contribution in [0.5, 0.6) is 0 Å². The number of benzene rings is 1. The minimum absolute atomic E-state index is 0.0990. The van der Waals surface area contributed by atoms with E-state index in [1.807, 2.05) is 24.0 Å². The van der Waals surface area contributed by atoms with E-state index in [1.54, 1.807) is 24.5 Å². The molecule has 0 bridgehead atoms. The lowest BCUT2D eigenvalue weighted by molar-refractivity contribution is -0.116. The van der Waals surface area contributed by atoms with E-state index in [0.717, 1.165) is 76.1 Å². The number of carbonyl (C=O) groups excluding carboxylic acids is 2. The van der Waals surface area contributed by atoms with Crippen LogP contribution in [0.25, 0.3) is 6.08 Å². The second-order valence-corrected chi connectivity index (χ2v) is 9.70. The van der Waals surface area contributed by atoms with Gasteiger partial charge in [-0.05, 0) is 56.7 Å². The minimum atomic E-state index is -0.138. The van der Waals surface area contributed by atoms with Crippen molar-refractivity contribution in [1.82, 2.24) is 25.0 Å². The van der Waals surface area contributed by atoms with Gasteiger partial charge in [-0.15, -0.1) is 0 Å². The maximum Gasteiger partial charge on any atom is 0.253 e. The fourth-order valence-corrected chi connectivity index (χ4v) is 4.38. The van der Waals surface area contributed by atoms with Gasteiger partial charge < -0.3 is 20.9 Å². The standard InChI is InChI=1S/C29H42N6O2/c1-3-35(29(37)25-10-8-24(9-11-25)23-34-20-18-33(2)19-21-34)17-7-5-4-6-15-32-28(36)13-12-26-22-31-16-14-27(26)30/h8-14,16,22H,3-7,15,17-21,23H2,1-2H3,(H2,30,31)(H,32,36)/b13-12+. The third-order valence-electron chi connectivity index (χ3n) is 6.83. The van der Waals surface area contributed by atoms with Crippen LogP contribution in [0.4, 0.5) is 5.69 Å². The van der Waals surface area contributed by atoms with Crippen LogP contribution >= 0.6 is 0 Å². The second-order valence-electron chi connectivity index (χ2n) is 9.70. The van der Waals surface area contributed by atoms with Gasteiger partial charge in [0.2, 0.25) is 5.91 Å². The van der Waals surface area contributed by atoms with Gasteiger partial charge in [-0.25, -0.2) is 0 Å². The lowest BCUT2D eigenvalue weighted by atomic mass is 10.1. The lowest BCUT2D eigenvalue weighted by Gasteiger charge is -2.32. The normalized spacial score (nSPS) is 14.6. The molecule has 2 heterocycles. The molecule has 0 saturated carbocycles. The fourth-order valence-electron chi connectivity index (χ4n) is 4.38. The zero-order valence-corrected chi connectivity index (χ0v) is 22.4. The highest BCUT2D eigenvalue weighted by Crippen LogP contribution is 2.13. The predicted octanol–water partition coefficient (Wildman–Crippen LogP) is 3.26. The van der Waals surface area contributed by atoms with Crippen molar-refractivity contribution in [3.63, 3.8) is 0 Å². The maximum absolute atomic E-state index is 13.0. The van der Waals surface area contributed by atoms with Gasteiger partial charge in [0.05, 0.1) is 0 Å². The zero-order chi connectivity index (χ0) is 26.5. The highest BCUT2D eigenvalue weighted by Gasteiger charge is 2.16. The molecule has 1 fully saturated rings. The number of carbonyl (C=O) groups is 2. The first-order valence-corrected chi connectivity index (χ1v) is 13.4. The molecule has 8 heteroatoms. The summed E-state index contributed by atoms with van der Waals surface area (Å²) in [6.07, 6.45) is 10.3. The number of hydrogen-bond acceptors (Lipinski definition) is 6. The number of aromatic nitrogens is 1. The van der Waals surface area contributed by atoms with Gasteiger partial charge in [0.15, 0.2) is 0 Å². The molecule has 1 aromatic heterocycles. The molecule has 2 aromatic rings. The zero-order valence-electron chi connectivity index (χ0n) is 22.4. The van der Waals surface area contributed by atoms with Gasteiger partial charge in [0.25, 0.3) is 5.91 Å². The highest BCUT2D eigenvalue weighted by molar-refractivity contribution is 5.94. The van der Waals surface area contributed by atoms with Gasteiger partial charge in [-0.2, -0.15) is 0 Å². The molecule has 1 aromatic carbocycles. The molecule has 1 aliphatic heterocycles. The topological polar surface area (TPSA) is 94.8 Å². The summed E-state index contributed by atoms with van der Waals surface area (Å²) in [6, 6.07) is 9.83. The van der Waals surface area contributed by atoms with Crippen molar-refractivity contribution in [3.05, 3.63) is 65.5 Å². The number of nitrogens with zero attached hydrogens (tertiary/aromatic N) is 4. The molecule has 0 spiro atoms. The molecule has 3 rings (SSSR count). The SMILES string of the molecule is CCN(CCCCCCNC(=O)/C=C/c1cnccc1N)C(=O)c1ccc(CN2CCN(C)CC2)cc1. The van der Waals surface area contributed by atoms with Crippen LogP contribution < -0.4 is 11.1 Å².